The maximum Gasteiger partial charge on any atom is 0.293 e. The summed E-state index contributed by atoms with van der Waals surface area (Å²) in [5, 5.41) is 14.5. The average Bonchev–Trinajstić information content (AvgIpc) is 3.11. The molecule has 2 aromatic carbocycles. The van der Waals surface area contributed by atoms with Crippen molar-refractivity contribution in [1.82, 2.24) is 0 Å². The molecule has 3 rings (SSSR count). The number of carbonyl (C=O) groups excluding carboxylic acids is 1. The van der Waals surface area contributed by atoms with E-state index in [2.05, 4.69) is 21.2 Å². The van der Waals surface area contributed by atoms with Gasteiger partial charge in [-0.05, 0) is 43.2 Å². The number of halogens is 2. The summed E-state index contributed by atoms with van der Waals surface area (Å²) in [5.74, 6) is -0.444. The van der Waals surface area contributed by atoms with E-state index in [1.54, 1.807) is 30.3 Å². The smallest absolute Gasteiger partial charge is 0.293 e. The van der Waals surface area contributed by atoms with Gasteiger partial charge >= 0.3 is 0 Å². The molecule has 1 heterocycles. The molecular formula is C17H15BrClN3O3. The number of anilines is 2. The van der Waals surface area contributed by atoms with Crippen molar-refractivity contribution >= 4 is 50.5 Å². The Kier molecular flexibility index (Phi) is 5.24. The summed E-state index contributed by atoms with van der Waals surface area (Å²) in [6, 6.07) is 9.63. The standard InChI is InChI=1S/C17H15BrClN3O3/c18-12-4-5-14(13(19)10-12)20-17(23)11-3-6-15(16(9-11)22(24)25)21-7-1-2-8-21/h3-6,9-10H,1-2,7-8H2,(H,20,23). The van der Waals surface area contributed by atoms with Crippen LogP contribution >= 0.6 is 27.5 Å². The first-order valence-electron chi connectivity index (χ1n) is 7.75. The van der Waals surface area contributed by atoms with Crippen LogP contribution in [0.15, 0.2) is 40.9 Å². The van der Waals surface area contributed by atoms with Gasteiger partial charge in [-0.15, -0.1) is 0 Å². The fourth-order valence-electron chi connectivity index (χ4n) is 2.82. The Balaban J connectivity index is 1.87. The van der Waals surface area contributed by atoms with E-state index in [9.17, 15) is 14.9 Å². The lowest BCUT2D eigenvalue weighted by Crippen LogP contribution is -2.19. The van der Waals surface area contributed by atoms with Gasteiger partial charge < -0.3 is 10.2 Å². The van der Waals surface area contributed by atoms with Gasteiger partial charge in [0.15, 0.2) is 0 Å². The zero-order valence-corrected chi connectivity index (χ0v) is 15.5. The van der Waals surface area contributed by atoms with Crippen molar-refractivity contribution in [2.45, 2.75) is 12.8 Å². The lowest BCUT2D eigenvalue weighted by atomic mass is 10.1. The van der Waals surface area contributed by atoms with Crippen LogP contribution in [0.1, 0.15) is 23.2 Å². The van der Waals surface area contributed by atoms with Crippen LogP contribution < -0.4 is 10.2 Å². The first-order valence-corrected chi connectivity index (χ1v) is 8.92. The van der Waals surface area contributed by atoms with E-state index in [-0.39, 0.29) is 11.3 Å². The molecule has 1 saturated heterocycles. The predicted molar refractivity (Wildman–Crippen MR) is 102 cm³/mol. The molecule has 1 amide bonds. The van der Waals surface area contributed by atoms with Crippen LogP contribution in [0.3, 0.4) is 0 Å². The Labute approximate surface area is 158 Å². The second kappa shape index (κ2) is 7.41. The summed E-state index contributed by atoms with van der Waals surface area (Å²) < 4.78 is 0.793. The SMILES string of the molecule is O=C(Nc1ccc(Br)cc1Cl)c1ccc(N2CCCC2)c([N+](=O)[O-])c1. The number of nitro groups is 1. The summed E-state index contributed by atoms with van der Waals surface area (Å²) in [6.45, 7) is 1.59. The Bertz CT molecular complexity index is 838. The van der Waals surface area contributed by atoms with E-state index in [4.69, 9.17) is 11.6 Å². The number of rotatable bonds is 4. The normalized spacial score (nSPS) is 13.8. The molecular weight excluding hydrogens is 410 g/mol. The lowest BCUT2D eigenvalue weighted by molar-refractivity contribution is -0.384. The molecule has 0 unspecified atom stereocenters. The molecule has 1 aliphatic rings. The highest BCUT2D eigenvalue weighted by Crippen LogP contribution is 2.32. The lowest BCUT2D eigenvalue weighted by Gasteiger charge is -2.18. The number of benzene rings is 2. The van der Waals surface area contributed by atoms with Crippen LogP contribution in [0.4, 0.5) is 17.1 Å². The summed E-state index contributed by atoms with van der Waals surface area (Å²) in [6.07, 6.45) is 2.03. The van der Waals surface area contributed by atoms with E-state index < -0.39 is 10.8 Å². The molecule has 0 aliphatic carbocycles. The molecule has 25 heavy (non-hydrogen) atoms. The maximum absolute atomic E-state index is 12.4. The molecule has 1 N–H and O–H groups in total. The fraction of sp³-hybridized carbons (Fsp3) is 0.235. The van der Waals surface area contributed by atoms with Gasteiger partial charge in [0.1, 0.15) is 5.69 Å². The van der Waals surface area contributed by atoms with Gasteiger partial charge in [-0.3, -0.25) is 14.9 Å². The molecule has 130 valence electrons. The van der Waals surface area contributed by atoms with Crippen LogP contribution in [0.5, 0.6) is 0 Å². The topological polar surface area (TPSA) is 75.5 Å². The maximum atomic E-state index is 12.4. The molecule has 0 spiro atoms. The Morgan fingerprint density at radius 1 is 1.20 bits per heavy atom. The largest absolute Gasteiger partial charge is 0.366 e. The van der Waals surface area contributed by atoms with Gasteiger partial charge in [0.05, 0.1) is 15.6 Å². The zero-order valence-electron chi connectivity index (χ0n) is 13.2. The Hall–Kier alpha value is -2.12. The number of amides is 1. The average molecular weight is 425 g/mol. The third-order valence-electron chi connectivity index (χ3n) is 4.06. The quantitative estimate of drug-likeness (QED) is 0.561. The summed E-state index contributed by atoms with van der Waals surface area (Å²) >= 11 is 9.39. The predicted octanol–water partition coefficient (Wildman–Crippen LogP) is 4.86. The van der Waals surface area contributed by atoms with Gasteiger partial charge in [0.2, 0.25) is 0 Å². The summed E-state index contributed by atoms with van der Waals surface area (Å²) in [7, 11) is 0. The minimum absolute atomic E-state index is 0.0588. The van der Waals surface area contributed by atoms with Crippen LogP contribution in [0.25, 0.3) is 0 Å². The molecule has 0 aromatic heterocycles. The summed E-state index contributed by atoms with van der Waals surface area (Å²) in [4.78, 5) is 25.4. The molecule has 1 aliphatic heterocycles. The van der Waals surface area contributed by atoms with Crippen molar-refractivity contribution in [3.05, 3.63) is 61.6 Å². The first kappa shape index (κ1) is 17.7. The van der Waals surface area contributed by atoms with E-state index in [0.717, 1.165) is 30.4 Å². The third-order valence-corrected chi connectivity index (χ3v) is 4.87. The monoisotopic (exact) mass is 423 g/mol. The van der Waals surface area contributed by atoms with Gasteiger partial charge in [-0.25, -0.2) is 0 Å². The molecule has 0 atom stereocenters. The van der Waals surface area contributed by atoms with E-state index >= 15 is 0 Å². The zero-order chi connectivity index (χ0) is 18.0. The molecule has 0 bridgehead atoms. The number of nitrogens with zero attached hydrogens (tertiary/aromatic N) is 2. The van der Waals surface area contributed by atoms with Gasteiger partial charge in [0, 0.05) is 29.2 Å². The highest BCUT2D eigenvalue weighted by Gasteiger charge is 2.24. The minimum Gasteiger partial charge on any atom is -0.366 e. The number of hydrogen-bond acceptors (Lipinski definition) is 4. The Morgan fingerprint density at radius 2 is 1.92 bits per heavy atom. The van der Waals surface area contributed by atoms with Crippen LogP contribution in [0, 0.1) is 10.1 Å². The van der Waals surface area contributed by atoms with Gasteiger partial charge in [-0.1, -0.05) is 27.5 Å². The number of nitro benzene ring substituents is 1. The van der Waals surface area contributed by atoms with Crippen molar-refractivity contribution in [1.29, 1.82) is 0 Å². The Morgan fingerprint density at radius 3 is 2.56 bits per heavy atom. The highest BCUT2D eigenvalue weighted by molar-refractivity contribution is 9.10. The highest BCUT2D eigenvalue weighted by atomic mass is 79.9. The minimum atomic E-state index is -0.447. The van der Waals surface area contributed by atoms with Crippen molar-refractivity contribution < 1.29 is 9.72 Å². The summed E-state index contributed by atoms with van der Waals surface area (Å²) in [5.41, 5.74) is 1.16. The van der Waals surface area contributed by atoms with Crippen molar-refractivity contribution in [3.63, 3.8) is 0 Å². The first-order chi connectivity index (χ1) is 12.0. The molecule has 0 saturated carbocycles. The van der Waals surface area contributed by atoms with E-state index in [1.165, 1.54) is 6.07 Å². The van der Waals surface area contributed by atoms with Crippen molar-refractivity contribution in [2.75, 3.05) is 23.3 Å². The van der Waals surface area contributed by atoms with Crippen LogP contribution in [0.2, 0.25) is 5.02 Å². The number of nitrogens with one attached hydrogen (secondary N) is 1. The van der Waals surface area contributed by atoms with Crippen LogP contribution in [-0.4, -0.2) is 23.9 Å². The number of carbonyl (C=O) groups is 1. The second-order valence-electron chi connectivity index (χ2n) is 5.73. The molecule has 2 aromatic rings. The van der Waals surface area contributed by atoms with Gasteiger partial charge in [0.25, 0.3) is 11.6 Å². The number of hydrogen-bond donors (Lipinski definition) is 1. The molecule has 0 radical (unpaired) electrons. The molecule has 8 heteroatoms. The van der Waals surface area contributed by atoms with Gasteiger partial charge in [-0.2, -0.15) is 0 Å². The molecule has 6 nitrogen and oxygen atoms in total. The van der Waals surface area contributed by atoms with Crippen molar-refractivity contribution in [3.8, 4) is 0 Å². The van der Waals surface area contributed by atoms with Crippen molar-refractivity contribution in [2.24, 2.45) is 0 Å². The van der Waals surface area contributed by atoms with E-state index in [0.29, 0.717) is 16.4 Å². The third kappa shape index (κ3) is 3.93. The van der Waals surface area contributed by atoms with E-state index in [1.807, 2.05) is 4.90 Å². The molecule has 1 fully saturated rings. The second-order valence-corrected chi connectivity index (χ2v) is 7.06. The fourth-order valence-corrected chi connectivity index (χ4v) is 3.54. The van der Waals surface area contributed by atoms with Crippen LogP contribution in [-0.2, 0) is 0 Å².